The van der Waals surface area contributed by atoms with E-state index in [1.54, 1.807) is 53.8 Å². The highest BCUT2D eigenvalue weighted by Crippen LogP contribution is 2.38. The molecule has 2 aromatic heterocycles. The molecule has 1 saturated heterocycles. The van der Waals surface area contributed by atoms with Crippen molar-refractivity contribution in [2.75, 3.05) is 30.9 Å². The Balaban J connectivity index is 0.853. The van der Waals surface area contributed by atoms with Gasteiger partial charge in [-0.15, -0.1) is 0 Å². The lowest BCUT2D eigenvalue weighted by atomic mass is 9.92. The van der Waals surface area contributed by atoms with Gasteiger partial charge in [0.1, 0.15) is 11.4 Å². The number of aliphatic imine (C=N–C) groups is 1. The Kier molecular flexibility index (Phi) is 12.1. The van der Waals surface area contributed by atoms with Crippen molar-refractivity contribution in [3.63, 3.8) is 0 Å². The summed E-state index contributed by atoms with van der Waals surface area (Å²) in [5.41, 5.74) is 10.9. The van der Waals surface area contributed by atoms with Crippen molar-refractivity contribution < 1.29 is 28.7 Å². The van der Waals surface area contributed by atoms with E-state index in [-0.39, 0.29) is 29.7 Å². The monoisotopic (exact) mass is 800 g/mol. The lowest BCUT2D eigenvalue weighted by molar-refractivity contribution is -0.116. The number of carbonyl (C=O) groups is 4. The molecule has 4 aromatic rings. The van der Waals surface area contributed by atoms with Crippen LogP contribution in [0.5, 0.6) is 11.5 Å². The third-order valence-corrected chi connectivity index (χ3v) is 11.1. The van der Waals surface area contributed by atoms with E-state index in [0.717, 1.165) is 49.8 Å². The maximum atomic E-state index is 13.3. The minimum Gasteiger partial charge on any atom is -0.493 e. The number of hydrogen-bond acceptors (Lipinski definition) is 8. The number of hydrogen-bond donors (Lipinski definition) is 4. The average molecular weight is 801 g/mol. The number of benzene rings is 2. The fraction of sp³-hybridized carbons (Fsp3) is 0.356. The summed E-state index contributed by atoms with van der Waals surface area (Å²) in [5.74, 6) is 0.346. The Morgan fingerprint density at radius 2 is 1.68 bits per heavy atom. The van der Waals surface area contributed by atoms with Gasteiger partial charge < -0.3 is 45.2 Å². The van der Waals surface area contributed by atoms with Gasteiger partial charge in [0.15, 0.2) is 11.5 Å². The second kappa shape index (κ2) is 17.5. The molecule has 2 aliphatic heterocycles. The molecule has 4 amide bonds. The van der Waals surface area contributed by atoms with Crippen LogP contribution in [-0.2, 0) is 18.9 Å². The summed E-state index contributed by atoms with van der Waals surface area (Å²) in [6.45, 7) is 3.10. The van der Waals surface area contributed by atoms with E-state index in [1.807, 2.05) is 73.8 Å². The zero-order valence-corrected chi connectivity index (χ0v) is 34.0. The Bertz CT molecular complexity index is 2340. The number of rotatable bonds is 14. The van der Waals surface area contributed by atoms with Crippen molar-refractivity contribution >= 4 is 46.9 Å². The fourth-order valence-corrected chi connectivity index (χ4v) is 7.67. The fourth-order valence-electron chi connectivity index (χ4n) is 7.67. The smallest absolute Gasteiger partial charge is 0.272 e. The second-order valence-electron chi connectivity index (χ2n) is 15.7. The summed E-state index contributed by atoms with van der Waals surface area (Å²) >= 11 is 0. The molecule has 308 valence electrons. The molecule has 59 heavy (non-hydrogen) atoms. The molecule has 14 nitrogen and oxygen atoms in total. The third-order valence-electron chi connectivity index (χ3n) is 11.1. The Labute approximate surface area is 344 Å². The standard InChI is InChI=1S/C45H52N8O6/c1-45(18-16-31(46)17-19-45)50-43(56)37-22-30(27-51(37)2)29-12-14-32(15-13-29)49-42(55)38-23-33(28-52(38)3)48-41(54)11-6-5-9-21-59-40-25-36-35(24-39(40)58-4)44(57)53-20-8-7-10-34(53)26-47-36/h12-18,22-28,34H,5-11,19-21,46H2,1-4H3,(H,48,54)(H,49,55)(H,50,56)/t34-,45?/m0/s1. The molecule has 3 aliphatic rings. The Morgan fingerprint density at radius 3 is 2.44 bits per heavy atom. The van der Waals surface area contributed by atoms with Gasteiger partial charge in [-0.1, -0.05) is 24.3 Å². The number of nitrogens with zero attached hydrogens (tertiary/aromatic N) is 4. The maximum absolute atomic E-state index is 13.3. The molecule has 0 bridgehead atoms. The van der Waals surface area contributed by atoms with Crippen molar-refractivity contribution in [3.8, 4) is 22.6 Å². The topological polar surface area (TPSA) is 174 Å². The number of unbranched alkanes of at least 4 members (excludes halogenated alkanes) is 2. The van der Waals surface area contributed by atoms with Crippen LogP contribution in [-0.4, -0.2) is 75.7 Å². The van der Waals surface area contributed by atoms with Crippen LogP contribution < -0.4 is 31.2 Å². The van der Waals surface area contributed by atoms with E-state index < -0.39 is 5.54 Å². The molecule has 0 radical (unpaired) electrons. The lowest BCUT2D eigenvalue weighted by Crippen LogP contribution is -2.45. The number of ether oxygens (including phenoxy) is 2. The molecule has 14 heteroatoms. The quantitative estimate of drug-likeness (QED) is 0.101. The molecule has 0 spiro atoms. The first-order chi connectivity index (χ1) is 28.4. The van der Waals surface area contributed by atoms with Crippen LogP contribution in [0.2, 0.25) is 0 Å². The van der Waals surface area contributed by atoms with Gasteiger partial charge in [-0.2, -0.15) is 0 Å². The molecule has 2 atom stereocenters. The van der Waals surface area contributed by atoms with Gasteiger partial charge in [0.25, 0.3) is 17.7 Å². The van der Waals surface area contributed by atoms with Gasteiger partial charge in [0.2, 0.25) is 5.91 Å². The lowest BCUT2D eigenvalue weighted by Gasteiger charge is -2.32. The van der Waals surface area contributed by atoms with Crippen LogP contribution in [0.1, 0.15) is 89.6 Å². The minimum absolute atomic E-state index is 0.0170. The van der Waals surface area contributed by atoms with Gasteiger partial charge in [-0.25, -0.2) is 0 Å². The van der Waals surface area contributed by atoms with E-state index in [2.05, 4.69) is 20.9 Å². The summed E-state index contributed by atoms with van der Waals surface area (Å²) in [5, 5.41) is 8.93. The van der Waals surface area contributed by atoms with Crippen molar-refractivity contribution in [1.82, 2.24) is 19.4 Å². The van der Waals surface area contributed by atoms with E-state index in [9.17, 15) is 19.2 Å². The largest absolute Gasteiger partial charge is 0.493 e. The number of aryl methyl sites for hydroxylation is 2. The predicted molar refractivity (Wildman–Crippen MR) is 229 cm³/mol. The van der Waals surface area contributed by atoms with Crippen LogP contribution >= 0.6 is 0 Å². The van der Waals surface area contributed by atoms with Crippen LogP contribution in [0.3, 0.4) is 0 Å². The number of nitrogens with one attached hydrogen (secondary N) is 3. The van der Waals surface area contributed by atoms with Crippen LogP contribution in [0.15, 0.2) is 89.8 Å². The van der Waals surface area contributed by atoms with Gasteiger partial charge >= 0.3 is 0 Å². The predicted octanol–water partition coefficient (Wildman–Crippen LogP) is 6.87. The molecule has 1 fully saturated rings. The number of allylic oxidation sites excluding steroid dienone is 1. The third kappa shape index (κ3) is 9.43. The number of amides is 4. The van der Waals surface area contributed by atoms with Crippen molar-refractivity contribution in [2.45, 2.75) is 69.9 Å². The zero-order valence-electron chi connectivity index (χ0n) is 34.0. The van der Waals surface area contributed by atoms with Crippen molar-refractivity contribution in [2.24, 2.45) is 24.8 Å². The molecule has 2 aromatic carbocycles. The summed E-state index contributed by atoms with van der Waals surface area (Å²) < 4.78 is 15.1. The van der Waals surface area contributed by atoms with Crippen LogP contribution in [0, 0.1) is 0 Å². The van der Waals surface area contributed by atoms with Crippen molar-refractivity contribution in [3.05, 3.63) is 102 Å². The minimum atomic E-state index is -0.522. The number of piperidine rings is 1. The normalized spacial score (nSPS) is 18.3. The van der Waals surface area contributed by atoms with E-state index in [4.69, 9.17) is 15.2 Å². The van der Waals surface area contributed by atoms with E-state index in [0.29, 0.717) is 77.1 Å². The van der Waals surface area contributed by atoms with Gasteiger partial charge in [0.05, 0.1) is 42.2 Å². The van der Waals surface area contributed by atoms with Gasteiger partial charge in [-0.05, 0) is 93.8 Å². The van der Waals surface area contributed by atoms with Gasteiger partial charge in [-0.3, -0.25) is 24.2 Å². The number of anilines is 2. The summed E-state index contributed by atoms with van der Waals surface area (Å²) in [7, 11) is 5.14. The van der Waals surface area contributed by atoms with E-state index >= 15 is 0 Å². The number of methoxy groups -OCH3 is 1. The molecular formula is C45H52N8O6. The highest BCUT2D eigenvalue weighted by atomic mass is 16.5. The van der Waals surface area contributed by atoms with Gasteiger partial charge in [0, 0.05) is 68.7 Å². The first-order valence-corrected chi connectivity index (χ1v) is 20.1. The summed E-state index contributed by atoms with van der Waals surface area (Å²) in [6.07, 6.45) is 17.1. The number of fused-ring (bicyclic) bond motifs is 2. The molecule has 7 rings (SSSR count). The molecule has 1 aliphatic carbocycles. The Morgan fingerprint density at radius 1 is 0.898 bits per heavy atom. The number of aromatic nitrogens is 2. The molecular weight excluding hydrogens is 749 g/mol. The highest BCUT2D eigenvalue weighted by Gasteiger charge is 2.31. The maximum Gasteiger partial charge on any atom is 0.272 e. The summed E-state index contributed by atoms with van der Waals surface area (Å²) in [4.78, 5) is 59.0. The van der Waals surface area contributed by atoms with Crippen LogP contribution in [0.4, 0.5) is 17.1 Å². The molecule has 1 unspecified atom stereocenters. The number of nitrogens with two attached hydrogens (primary N) is 1. The van der Waals surface area contributed by atoms with Crippen molar-refractivity contribution in [1.29, 1.82) is 0 Å². The van der Waals surface area contributed by atoms with E-state index in [1.165, 1.54) is 0 Å². The molecule has 0 saturated carbocycles. The van der Waals surface area contributed by atoms with Crippen LogP contribution in [0.25, 0.3) is 11.1 Å². The Hall–Kier alpha value is -6.57. The summed E-state index contributed by atoms with van der Waals surface area (Å²) in [6, 6.07) is 14.4. The second-order valence-corrected chi connectivity index (χ2v) is 15.7. The zero-order chi connectivity index (χ0) is 41.7. The number of carbonyl (C=O) groups excluding carboxylic acids is 4. The average Bonchev–Trinajstić information content (AvgIpc) is 3.77. The highest BCUT2D eigenvalue weighted by molar-refractivity contribution is 6.05. The SMILES string of the molecule is COc1cc2c(cc1OCCCCCC(=O)Nc1cc(C(=O)Nc3ccc(-c4cc(C(=O)NC5(C)C=CC(N)=CC5)n(C)c4)cc3)n(C)c1)N=C[C@@H]1CCCCN1C2=O. The molecule has 4 heterocycles. The first kappa shape index (κ1) is 40.6. The molecule has 5 N–H and O–H groups in total. The first-order valence-electron chi connectivity index (χ1n) is 20.1.